The van der Waals surface area contributed by atoms with Crippen molar-refractivity contribution in [1.82, 2.24) is 0 Å². The first-order valence-electron chi connectivity index (χ1n) is 11.2. The van der Waals surface area contributed by atoms with Gasteiger partial charge in [0.15, 0.2) is 34.9 Å². The van der Waals surface area contributed by atoms with Gasteiger partial charge >= 0.3 is 5.97 Å². The van der Waals surface area contributed by atoms with E-state index in [0.717, 1.165) is 16.7 Å². The molecule has 0 aliphatic carbocycles. The molecule has 4 rings (SSSR count). The largest absolute Gasteiger partial charge is 0.504 e. The van der Waals surface area contributed by atoms with Gasteiger partial charge in [0.2, 0.25) is 5.75 Å². The zero-order valence-electron chi connectivity index (χ0n) is 20.6. The molecule has 1 aliphatic rings. The highest BCUT2D eigenvalue weighted by Crippen LogP contribution is 2.44. The van der Waals surface area contributed by atoms with E-state index in [1.807, 2.05) is 26.0 Å². The van der Waals surface area contributed by atoms with Crippen LogP contribution in [-0.4, -0.2) is 48.7 Å². The highest BCUT2D eigenvalue weighted by Gasteiger charge is 2.36. The van der Waals surface area contributed by atoms with Crippen molar-refractivity contribution in [2.24, 2.45) is 0 Å². The molecule has 1 heterocycles. The van der Waals surface area contributed by atoms with E-state index in [1.54, 1.807) is 0 Å². The van der Waals surface area contributed by atoms with E-state index in [4.69, 9.17) is 23.7 Å². The molecule has 2 atom stereocenters. The number of benzene rings is 3. The van der Waals surface area contributed by atoms with Crippen LogP contribution in [-0.2, 0) is 11.2 Å². The maximum absolute atomic E-state index is 13.3. The molecule has 0 fully saturated rings. The fraction of sp³-hybridized carbons (Fsp3) is 0.296. The van der Waals surface area contributed by atoms with Crippen LogP contribution in [0.4, 0.5) is 0 Å². The number of hydrogen-bond donors (Lipinski definition) is 3. The van der Waals surface area contributed by atoms with Gasteiger partial charge in [-0.05, 0) is 55.3 Å². The van der Waals surface area contributed by atoms with Crippen molar-refractivity contribution >= 4 is 5.97 Å². The summed E-state index contributed by atoms with van der Waals surface area (Å²) in [5.74, 6) is -0.796. The molecule has 9 heteroatoms. The number of esters is 1. The van der Waals surface area contributed by atoms with Crippen LogP contribution in [0.3, 0.4) is 0 Å². The van der Waals surface area contributed by atoms with Gasteiger partial charge in [-0.2, -0.15) is 0 Å². The summed E-state index contributed by atoms with van der Waals surface area (Å²) in [6.45, 7) is 3.90. The fourth-order valence-corrected chi connectivity index (χ4v) is 4.43. The third kappa shape index (κ3) is 4.51. The van der Waals surface area contributed by atoms with E-state index in [9.17, 15) is 20.1 Å². The number of aromatic hydroxyl groups is 3. The van der Waals surface area contributed by atoms with Crippen molar-refractivity contribution in [1.29, 1.82) is 0 Å². The molecule has 3 aromatic rings. The van der Waals surface area contributed by atoms with E-state index < -0.39 is 35.4 Å². The molecule has 0 saturated heterocycles. The molecule has 0 radical (unpaired) electrons. The lowest BCUT2D eigenvalue weighted by Gasteiger charge is -2.34. The van der Waals surface area contributed by atoms with Gasteiger partial charge in [0.05, 0.1) is 26.9 Å². The number of rotatable bonds is 6. The van der Waals surface area contributed by atoms with Gasteiger partial charge in [0, 0.05) is 17.5 Å². The summed E-state index contributed by atoms with van der Waals surface area (Å²) in [7, 11) is 4.36. The molecule has 0 amide bonds. The third-order valence-corrected chi connectivity index (χ3v) is 6.15. The molecule has 190 valence electrons. The second-order valence-corrected chi connectivity index (χ2v) is 8.57. The van der Waals surface area contributed by atoms with Crippen molar-refractivity contribution in [3.8, 4) is 40.2 Å². The predicted molar refractivity (Wildman–Crippen MR) is 130 cm³/mol. The van der Waals surface area contributed by atoms with Gasteiger partial charge in [-0.25, -0.2) is 4.79 Å². The summed E-state index contributed by atoms with van der Waals surface area (Å²) in [5.41, 5.74) is 3.36. The van der Waals surface area contributed by atoms with Crippen molar-refractivity contribution in [3.63, 3.8) is 0 Å². The Hall–Kier alpha value is -4.27. The lowest BCUT2D eigenvalue weighted by Crippen LogP contribution is -2.35. The Labute approximate surface area is 208 Å². The summed E-state index contributed by atoms with van der Waals surface area (Å²) >= 11 is 0. The number of aryl methyl sites for hydroxylation is 2. The zero-order valence-corrected chi connectivity index (χ0v) is 20.6. The molecule has 3 aromatic carbocycles. The van der Waals surface area contributed by atoms with Crippen molar-refractivity contribution in [2.75, 3.05) is 21.3 Å². The average molecular weight is 497 g/mol. The summed E-state index contributed by atoms with van der Waals surface area (Å²) in [6.07, 6.45) is -1.37. The Morgan fingerprint density at radius 3 is 2.06 bits per heavy atom. The molecular formula is C27H28O9. The van der Waals surface area contributed by atoms with E-state index in [0.29, 0.717) is 35.0 Å². The first-order valence-corrected chi connectivity index (χ1v) is 11.2. The number of carbonyl (C=O) groups is 1. The van der Waals surface area contributed by atoms with Crippen molar-refractivity contribution < 1.29 is 43.8 Å². The van der Waals surface area contributed by atoms with Crippen LogP contribution in [0, 0.1) is 13.8 Å². The summed E-state index contributed by atoms with van der Waals surface area (Å²) in [4.78, 5) is 13.3. The topological polar surface area (TPSA) is 124 Å². The SMILES string of the molecule is COc1cc(C(=O)O[C@@H]2Cc3c(C)cc(C)cc3O[C@@H]2c2cc(O)c(O)c(O)c2)cc(OC)c1OC. The van der Waals surface area contributed by atoms with Crippen LogP contribution in [0.15, 0.2) is 36.4 Å². The van der Waals surface area contributed by atoms with E-state index in [1.165, 1.54) is 45.6 Å². The first kappa shape index (κ1) is 24.8. The van der Waals surface area contributed by atoms with Gasteiger partial charge < -0.3 is 39.0 Å². The van der Waals surface area contributed by atoms with E-state index in [2.05, 4.69) is 0 Å². The van der Waals surface area contributed by atoms with Crippen molar-refractivity contribution in [2.45, 2.75) is 32.5 Å². The number of hydrogen-bond acceptors (Lipinski definition) is 9. The Bertz CT molecular complexity index is 1270. The molecule has 36 heavy (non-hydrogen) atoms. The van der Waals surface area contributed by atoms with Crippen LogP contribution >= 0.6 is 0 Å². The van der Waals surface area contributed by atoms with E-state index in [-0.39, 0.29) is 5.56 Å². The lowest BCUT2D eigenvalue weighted by atomic mass is 9.91. The second kappa shape index (κ2) is 9.77. The Morgan fingerprint density at radius 2 is 1.50 bits per heavy atom. The minimum Gasteiger partial charge on any atom is -0.504 e. The maximum atomic E-state index is 13.3. The van der Waals surface area contributed by atoms with Crippen LogP contribution in [0.1, 0.15) is 38.7 Å². The van der Waals surface area contributed by atoms with Crippen LogP contribution in [0.5, 0.6) is 40.2 Å². The van der Waals surface area contributed by atoms with Crippen LogP contribution in [0.2, 0.25) is 0 Å². The van der Waals surface area contributed by atoms with Gasteiger partial charge in [-0.1, -0.05) is 6.07 Å². The number of phenols is 3. The molecule has 0 bridgehead atoms. The smallest absolute Gasteiger partial charge is 0.338 e. The molecule has 9 nitrogen and oxygen atoms in total. The van der Waals surface area contributed by atoms with Gasteiger partial charge in [-0.3, -0.25) is 0 Å². The molecular weight excluding hydrogens is 468 g/mol. The number of phenolic OH excluding ortho intramolecular Hbond substituents is 3. The maximum Gasteiger partial charge on any atom is 0.338 e. The first-order chi connectivity index (χ1) is 17.2. The Morgan fingerprint density at radius 1 is 0.889 bits per heavy atom. The average Bonchev–Trinajstić information content (AvgIpc) is 2.85. The van der Waals surface area contributed by atoms with Gasteiger partial charge in [-0.15, -0.1) is 0 Å². The van der Waals surface area contributed by atoms with Gasteiger partial charge in [0.25, 0.3) is 0 Å². The highest BCUT2D eigenvalue weighted by atomic mass is 16.6. The standard InChI is InChI=1S/C27H28O9/c1-13-6-14(2)17-12-23(25(35-20(17)7-13)15-8-18(28)24(30)19(29)9-15)36-27(31)16-10-21(32-3)26(34-5)22(11-16)33-4/h6-11,23,25,28-30H,12H2,1-5H3/t23-,25-/m1/s1. The minimum absolute atomic E-state index is 0.172. The summed E-state index contributed by atoms with van der Waals surface area (Å²) < 4.78 is 28.2. The molecule has 0 aromatic heterocycles. The Balaban J connectivity index is 1.75. The van der Waals surface area contributed by atoms with Crippen molar-refractivity contribution in [3.05, 3.63) is 64.2 Å². The third-order valence-electron chi connectivity index (χ3n) is 6.15. The molecule has 0 spiro atoms. The van der Waals surface area contributed by atoms with Crippen LogP contribution < -0.4 is 18.9 Å². The molecule has 0 unspecified atom stereocenters. The number of carbonyl (C=O) groups excluding carboxylic acids is 1. The predicted octanol–water partition coefficient (Wildman–Crippen LogP) is 4.35. The normalized spacial score (nSPS) is 16.5. The summed E-state index contributed by atoms with van der Waals surface area (Å²) in [6, 6.07) is 9.42. The monoisotopic (exact) mass is 496 g/mol. The minimum atomic E-state index is -0.873. The molecule has 3 N–H and O–H groups in total. The number of fused-ring (bicyclic) bond motifs is 1. The molecule has 0 saturated carbocycles. The number of ether oxygens (including phenoxy) is 5. The molecule has 1 aliphatic heterocycles. The lowest BCUT2D eigenvalue weighted by molar-refractivity contribution is -0.0185. The second-order valence-electron chi connectivity index (χ2n) is 8.57. The number of methoxy groups -OCH3 is 3. The summed E-state index contributed by atoms with van der Waals surface area (Å²) in [5, 5.41) is 30.0. The van der Waals surface area contributed by atoms with Gasteiger partial charge in [0.1, 0.15) is 11.9 Å². The fourth-order valence-electron chi connectivity index (χ4n) is 4.43. The van der Waals surface area contributed by atoms with Crippen LogP contribution in [0.25, 0.3) is 0 Å². The Kier molecular flexibility index (Phi) is 6.74. The highest BCUT2D eigenvalue weighted by molar-refractivity contribution is 5.91. The van der Waals surface area contributed by atoms with E-state index >= 15 is 0 Å². The zero-order chi connectivity index (χ0) is 26.1. The quantitative estimate of drug-likeness (QED) is 0.337.